The topological polar surface area (TPSA) is 75.4 Å². The Bertz CT molecular complexity index is 620. The summed E-state index contributed by atoms with van der Waals surface area (Å²) in [5.74, 6) is 0.262. The van der Waals surface area contributed by atoms with E-state index < -0.39 is 5.97 Å². The van der Waals surface area contributed by atoms with Gasteiger partial charge in [-0.3, -0.25) is 0 Å². The highest BCUT2D eigenvalue weighted by molar-refractivity contribution is 7.99. The Morgan fingerprint density at radius 1 is 1.50 bits per heavy atom. The predicted octanol–water partition coefficient (Wildman–Crippen LogP) is 3.22. The van der Waals surface area contributed by atoms with Gasteiger partial charge in [0.1, 0.15) is 5.52 Å². The maximum atomic E-state index is 10.9. The van der Waals surface area contributed by atoms with Crippen molar-refractivity contribution in [1.82, 2.24) is 4.98 Å². The quantitative estimate of drug-likeness (QED) is 0.901. The Balaban J connectivity index is 1.70. The second-order valence-corrected chi connectivity index (χ2v) is 6.28. The van der Waals surface area contributed by atoms with Crippen LogP contribution in [-0.2, 0) is 0 Å². The first kappa shape index (κ1) is 13.3. The van der Waals surface area contributed by atoms with E-state index >= 15 is 0 Å². The molecule has 0 amide bonds. The first-order chi connectivity index (χ1) is 9.72. The molecule has 0 bridgehead atoms. The largest absolute Gasteiger partial charge is 0.478 e. The smallest absolute Gasteiger partial charge is 0.335 e. The number of benzene rings is 1. The molecule has 20 heavy (non-hydrogen) atoms. The molecule has 0 aliphatic carbocycles. The summed E-state index contributed by atoms with van der Waals surface area (Å²) in [6.07, 6.45) is 3.82. The van der Waals surface area contributed by atoms with E-state index in [2.05, 4.69) is 10.3 Å². The molecule has 0 radical (unpaired) electrons. The van der Waals surface area contributed by atoms with E-state index in [4.69, 9.17) is 9.52 Å². The van der Waals surface area contributed by atoms with Gasteiger partial charge in [0.15, 0.2) is 5.58 Å². The molecule has 1 fully saturated rings. The normalized spacial score (nSPS) is 19.1. The van der Waals surface area contributed by atoms with Gasteiger partial charge in [-0.2, -0.15) is 16.7 Å². The molecule has 1 aliphatic heterocycles. The van der Waals surface area contributed by atoms with Gasteiger partial charge in [-0.05, 0) is 36.8 Å². The van der Waals surface area contributed by atoms with Crippen LogP contribution in [0.3, 0.4) is 0 Å². The highest BCUT2D eigenvalue weighted by Crippen LogP contribution is 2.26. The van der Waals surface area contributed by atoms with Gasteiger partial charge in [-0.1, -0.05) is 6.42 Å². The van der Waals surface area contributed by atoms with Crippen LogP contribution in [0.25, 0.3) is 11.1 Å². The number of fused-ring (bicyclic) bond motifs is 1. The van der Waals surface area contributed by atoms with Crippen LogP contribution in [0.1, 0.15) is 29.6 Å². The second-order valence-electron chi connectivity index (χ2n) is 4.88. The molecule has 6 heteroatoms. The van der Waals surface area contributed by atoms with Crippen molar-refractivity contribution in [3.8, 4) is 0 Å². The van der Waals surface area contributed by atoms with Crippen LogP contribution in [0.2, 0.25) is 0 Å². The fourth-order valence-electron chi connectivity index (χ4n) is 2.30. The van der Waals surface area contributed by atoms with Gasteiger partial charge in [-0.25, -0.2) is 4.79 Å². The van der Waals surface area contributed by atoms with E-state index in [1.807, 2.05) is 11.8 Å². The maximum Gasteiger partial charge on any atom is 0.335 e. The Kier molecular flexibility index (Phi) is 3.82. The number of nitrogens with one attached hydrogen (secondary N) is 1. The molecular weight excluding hydrogens is 276 g/mol. The number of aromatic carboxylic acids is 1. The van der Waals surface area contributed by atoms with E-state index in [0.717, 1.165) is 6.54 Å². The molecule has 2 N–H and O–H groups in total. The number of hydrogen-bond acceptors (Lipinski definition) is 5. The van der Waals surface area contributed by atoms with Crippen LogP contribution in [-0.4, -0.2) is 33.6 Å². The van der Waals surface area contributed by atoms with E-state index in [0.29, 0.717) is 22.4 Å². The molecular formula is C14H16N2O3S. The average Bonchev–Trinajstić information content (AvgIpc) is 2.88. The van der Waals surface area contributed by atoms with Crippen molar-refractivity contribution in [2.45, 2.75) is 24.5 Å². The zero-order chi connectivity index (χ0) is 13.9. The summed E-state index contributed by atoms with van der Waals surface area (Å²) in [6.45, 7) is 0.837. The van der Waals surface area contributed by atoms with Crippen LogP contribution >= 0.6 is 11.8 Å². The molecule has 1 unspecified atom stereocenters. The number of oxazole rings is 1. The zero-order valence-corrected chi connectivity index (χ0v) is 11.8. The summed E-state index contributed by atoms with van der Waals surface area (Å²) in [7, 11) is 0. The summed E-state index contributed by atoms with van der Waals surface area (Å²) in [5, 5.41) is 12.8. The number of anilines is 1. The standard InChI is InChI=1S/C14H16N2O3S/c17-13(18)9-4-5-11-12(7-9)19-14(16-11)15-8-10-3-1-2-6-20-10/h4-5,7,10H,1-3,6,8H2,(H,15,16)(H,17,18). The van der Waals surface area contributed by atoms with Gasteiger partial charge in [0, 0.05) is 11.8 Å². The summed E-state index contributed by atoms with van der Waals surface area (Å²) in [5.41, 5.74) is 1.39. The molecule has 1 aliphatic rings. The summed E-state index contributed by atoms with van der Waals surface area (Å²) in [4.78, 5) is 15.2. The third-order valence-corrected chi connectivity index (χ3v) is 4.79. The maximum absolute atomic E-state index is 10.9. The number of carboxylic acids is 1. The van der Waals surface area contributed by atoms with Crippen LogP contribution < -0.4 is 5.32 Å². The van der Waals surface area contributed by atoms with Crippen molar-refractivity contribution in [1.29, 1.82) is 0 Å². The molecule has 2 heterocycles. The Morgan fingerprint density at radius 3 is 3.15 bits per heavy atom. The van der Waals surface area contributed by atoms with Crippen molar-refractivity contribution in [2.75, 3.05) is 17.6 Å². The number of carboxylic acid groups (broad SMARTS) is 1. The molecule has 106 valence electrons. The van der Waals surface area contributed by atoms with Crippen molar-refractivity contribution in [3.63, 3.8) is 0 Å². The van der Waals surface area contributed by atoms with E-state index in [-0.39, 0.29) is 5.56 Å². The lowest BCUT2D eigenvalue weighted by atomic mass is 10.2. The third kappa shape index (κ3) is 2.90. The van der Waals surface area contributed by atoms with E-state index in [1.54, 1.807) is 6.07 Å². The van der Waals surface area contributed by atoms with E-state index in [9.17, 15) is 4.79 Å². The molecule has 3 rings (SSSR count). The van der Waals surface area contributed by atoms with Gasteiger partial charge in [-0.15, -0.1) is 0 Å². The number of nitrogens with zero attached hydrogens (tertiary/aromatic N) is 1. The number of hydrogen-bond donors (Lipinski definition) is 2. The minimum absolute atomic E-state index is 0.211. The van der Waals surface area contributed by atoms with Gasteiger partial charge in [0.05, 0.1) is 5.56 Å². The van der Waals surface area contributed by atoms with Gasteiger partial charge in [0.2, 0.25) is 0 Å². The number of aromatic nitrogens is 1. The van der Waals surface area contributed by atoms with Crippen LogP contribution in [0.5, 0.6) is 0 Å². The molecule has 1 saturated heterocycles. The van der Waals surface area contributed by atoms with Crippen LogP contribution in [0.15, 0.2) is 22.6 Å². The average molecular weight is 292 g/mol. The van der Waals surface area contributed by atoms with Crippen molar-refractivity contribution < 1.29 is 14.3 Å². The van der Waals surface area contributed by atoms with Crippen molar-refractivity contribution >= 4 is 34.8 Å². The van der Waals surface area contributed by atoms with Crippen LogP contribution in [0.4, 0.5) is 6.01 Å². The second kappa shape index (κ2) is 5.75. The number of rotatable bonds is 4. The molecule has 0 spiro atoms. The lowest BCUT2D eigenvalue weighted by Gasteiger charge is -2.20. The zero-order valence-electron chi connectivity index (χ0n) is 11.0. The van der Waals surface area contributed by atoms with Gasteiger partial charge < -0.3 is 14.8 Å². The Morgan fingerprint density at radius 2 is 2.40 bits per heavy atom. The number of carbonyl (C=O) groups is 1. The van der Waals surface area contributed by atoms with Gasteiger partial charge in [0.25, 0.3) is 6.01 Å². The van der Waals surface area contributed by atoms with E-state index in [1.165, 1.54) is 37.1 Å². The molecule has 1 atom stereocenters. The molecule has 1 aromatic heterocycles. The minimum Gasteiger partial charge on any atom is -0.478 e. The third-order valence-electron chi connectivity index (χ3n) is 3.39. The first-order valence-corrected chi connectivity index (χ1v) is 7.76. The number of thioether (sulfide) groups is 1. The molecule has 2 aromatic rings. The summed E-state index contributed by atoms with van der Waals surface area (Å²) >= 11 is 1.99. The monoisotopic (exact) mass is 292 g/mol. The predicted molar refractivity (Wildman–Crippen MR) is 79.6 cm³/mol. The fourth-order valence-corrected chi connectivity index (χ4v) is 3.54. The van der Waals surface area contributed by atoms with Crippen LogP contribution in [0, 0.1) is 0 Å². The SMILES string of the molecule is O=C(O)c1ccc2nc(NCC3CCCCS3)oc2c1. The molecule has 5 nitrogen and oxygen atoms in total. The van der Waals surface area contributed by atoms with Crippen molar-refractivity contribution in [2.24, 2.45) is 0 Å². The Hall–Kier alpha value is -1.69. The highest BCUT2D eigenvalue weighted by atomic mass is 32.2. The molecule has 1 aromatic carbocycles. The van der Waals surface area contributed by atoms with Crippen molar-refractivity contribution in [3.05, 3.63) is 23.8 Å². The fraction of sp³-hybridized carbons (Fsp3) is 0.429. The minimum atomic E-state index is -0.962. The lowest BCUT2D eigenvalue weighted by Crippen LogP contribution is -2.20. The summed E-state index contributed by atoms with van der Waals surface area (Å²) in [6, 6.07) is 5.18. The lowest BCUT2D eigenvalue weighted by molar-refractivity contribution is 0.0697. The highest BCUT2D eigenvalue weighted by Gasteiger charge is 2.15. The summed E-state index contributed by atoms with van der Waals surface area (Å²) < 4.78 is 5.56. The van der Waals surface area contributed by atoms with Gasteiger partial charge >= 0.3 is 5.97 Å². The first-order valence-electron chi connectivity index (χ1n) is 6.72. The Labute approximate surface area is 120 Å². The molecule has 0 saturated carbocycles.